The van der Waals surface area contributed by atoms with Gasteiger partial charge in [0.25, 0.3) is 0 Å². The van der Waals surface area contributed by atoms with Crippen LogP contribution in [0.1, 0.15) is 6.42 Å². The van der Waals surface area contributed by atoms with Gasteiger partial charge in [-0.3, -0.25) is 4.79 Å². The average molecular weight is 156 g/mol. The maximum absolute atomic E-state index is 10.6. The first kappa shape index (κ1) is 7.64. The van der Waals surface area contributed by atoms with E-state index in [0.717, 1.165) is 0 Å². The van der Waals surface area contributed by atoms with Crippen LogP contribution >= 0.6 is 0 Å². The van der Waals surface area contributed by atoms with Crippen molar-refractivity contribution in [1.29, 1.82) is 0 Å². The SMILES string of the molecule is COC(=O)CCn1ncnn1. The lowest BCUT2D eigenvalue weighted by atomic mass is 10.4. The van der Waals surface area contributed by atoms with Crippen LogP contribution in [0.25, 0.3) is 0 Å². The summed E-state index contributed by atoms with van der Waals surface area (Å²) in [5, 5.41) is 10.8. The van der Waals surface area contributed by atoms with E-state index < -0.39 is 0 Å². The van der Waals surface area contributed by atoms with Crippen molar-refractivity contribution < 1.29 is 9.53 Å². The zero-order chi connectivity index (χ0) is 8.10. The van der Waals surface area contributed by atoms with Gasteiger partial charge in [-0.05, 0) is 5.21 Å². The number of carbonyl (C=O) groups is 1. The van der Waals surface area contributed by atoms with E-state index in [1.54, 1.807) is 0 Å². The van der Waals surface area contributed by atoms with E-state index in [9.17, 15) is 4.79 Å². The van der Waals surface area contributed by atoms with Crippen LogP contribution in [-0.4, -0.2) is 33.3 Å². The molecule has 0 saturated carbocycles. The first-order valence-electron chi connectivity index (χ1n) is 3.10. The monoisotopic (exact) mass is 156 g/mol. The molecule has 1 rings (SSSR count). The zero-order valence-electron chi connectivity index (χ0n) is 6.10. The summed E-state index contributed by atoms with van der Waals surface area (Å²) in [7, 11) is 1.34. The molecule has 11 heavy (non-hydrogen) atoms. The van der Waals surface area contributed by atoms with Gasteiger partial charge in [-0.25, -0.2) is 0 Å². The Morgan fingerprint density at radius 1 is 1.73 bits per heavy atom. The largest absolute Gasteiger partial charge is 0.469 e. The van der Waals surface area contributed by atoms with Crippen LogP contribution in [0.5, 0.6) is 0 Å². The number of ether oxygens (including phenoxy) is 1. The number of carbonyl (C=O) groups excluding carboxylic acids is 1. The third kappa shape index (κ3) is 2.32. The Morgan fingerprint density at radius 2 is 2.55 bits per heavy atom. The number of tetrazole rings is 1. The highest BCUT2D eigenvalue weighted by atomic mass is 16.5. The lowest BCUT2D eigenvalue weighted by Gasteiger charge is -1.96. The summed E-state index contributed by atoms with van der Waals surface area (Å²) >= 11 is 0. The first-order chi connectivity index (χ1) is 5.33. The standard InChI is InChI=1S/C5H8N4O2/c1-11-5(10)2-3-9-7-4-6-8-9/h4H,2-3H2,1H3. The number of aromatic nitrogens is 4. The zero-order valence-corrected chi connectivity index (χ0v) is 6.10. The molecule has 0 aliphatic heterocycles. The molecule has 0 saturated heterocycles. The van der Waals surface area contributed by atoms with Gasteiger partial charge in [-0.1, -0.05) is 0 Å². The van der Waals surface area contributed by atoms with Crippen LogP contribution in [0.3, 0.4) is 0 Å². The van der Waals surface area contributed by atoms with Crippen LogP contribution in [-0.2, 0) is 16.1 Å². The van der Waals surface area contributed by atoms with Crippen molar-refractivity contribution in [3.05, 3.63) is 6.33 Å². The molecule has 0 amide bonds. The predicted octanol–water partition coefficient (Wildman–Crippen LogP) is -0.764. The molecule has 0 unspecified atom stereocenters. The van der Waals surface area contributed by atoms with Gasteiger partial charge in [0, 0.05) is 0 Å². The molecule has 0 spiro atoms. The minimum atomic E-state index is -0.276. The van der Waals surface area contributed by atoms with Crippen molar-refractivity contribution in [2.75, 3.05) is 7.11 Å². The molecule has 6 nitrogen and oxygen atoms in total. The van der Waals surface area contributed by atoms with Gasteiger partial charge in [0.15, 0.2) is 6.33 Å². The Labute approximate surface area is 63.1 Å². The van der Waals surface area contributed by atoms with Gasteiger partial charge in [-0.2, -0.15) is 4.80 Å². The summed E-state index contributed by atoms with van der Waals surface area (Å²) < 4.78 is 4.42. The van der Waals surface area contributed by atoms with Gasteiger partial charge >= 0.3 is 5.97 Å². The topological polar surface area (TPSA) is 69.9 Å². The maximum atomic E-state index is 10.6. The minimum Gasteiger partial charge on any atom is -0.469 e. The Hall–Kier alpha value is -1.46. The van der Waals surface area contributed by atoms with Crippen LogP contribution in [0, 0.1) is 0 Å². The van der Waals surface area contributed by atoms with E-state index in [1.165, 1.54) is 18.2 Å². The second kappa shape index (κ2) is 3.65. The maximum Gasteiger partial charge on any atom is 0.307 e. The van der Waals surface area contributed by atoms with Crippen molar-refractivity contribution in [1.82, 2.24) is 20.2 Å². The molecular formula is C5H8N4O2. The number of hydrogen-bond donors (Lipinski definition) is 0. The molecule has 60 valence electrons. The normalized spacial score (nSPS) is 9.55. The Morgan fingerprint density at radius 3 is 3.09 bits per heavy atom. The van der Waals surface area contributed by atoms with Gasteiger partial charge in [0.1, 0.15) is 0 Å². The lowest BCUT2D eigenvalue weighted by molar-refractivity contribution is -0.140. The van der Waals surface area contributed by atoms with Crippen molar-refractivity contribution in [3.8, 4) is 0 Å². The molecule has 1 aromatic heterocycles. The molecule has 0 atom stereocenters. The summed E-state index contributed by atoms with van der Waals surface area (Å²) in [6.07, 6.45) is 1.59. The van der Waals surface area contributed by atoms with Crippen molar-refractivity contribution in [3.63, 3.8) is 0 Å². The van der Waals surface area contributed by atoms with E-state index in [1.807, 2.05) is 0 Å². The summed E-state index contributed by atoms with van der Waals surface area (Å²) in [6.45, 7) is 0.409. The Balaban J connectivity index is 2.29. The Kier molecular flexibility index (Phi) is 2.53. The van der Waals surface area contributed by atoms with Crippen molar-refractivity contribution >= 4 is 5.97 Å². The fourth-order valence-electron chi connectivity index (χ4n) is 0.584. The third-order valence-electron chi connectivity index (χ3n) is 1.14. The molecule has 1 heterocycles. The summed E-state index contributed by atoms with van der Waals surface area (Å²) in [5.41, 5.74) is 0. The molecule has 0 aliphatic carbocycles. The molecule has 0 aromatic carbocycles. The van der Waals surface area contributed by atoms with Gasteiger partial charge in [-0.15, -0.1) is 10.2 Å². The summed E-state index contributed by atoms with van der Waals surface area (Å²) in [6, 6.07) is 0. The molecule has 0 bridgehead atoms. The van der Waals surface area contributed by atoms with Crippen LogP contribution in [0.15, 0.2) is 6.33 Å². The predicted molar refractivity (Wildman–Crippen MR) is 34.4 cm³/mol. The van der Waals surface area contributed by atoms with E-state index in [-0.39, 0.29) is 12.4 Å². The number of aryl methyl sites for hydroxylation is 1. The second-order valence-electron chi connectivity index (χ2n) is 1.86. The van der Waals surface area contributed by atoms with E-state index in [4.69, 9.17) is 0 Å². The summed E-state index contributed by atoms with van der Waals surface area (Å²) in [5.74, 6) is -0.276. The molecule has 1 aromatic rings. The fourth-order valence-corrected chi connectivity index (χ4v) is 0.584. The minimum absolute atomic E-state index is 0.271. The highest BCUT2D eigenvalue weighted by Crippen LogP contribution is 1.86. The quantitative estimate of drug-likeness (QED) is 0.538. The van der Waals surface area contributed by atoms with E-state index in [2.05, 4.69) is 20.1 Å². The van der Waals surface area contributed by atoms with Crippen molar-refractivity contribution in [2.45, 2.75) is 13.0 Å². The van der Waals surface area contributed by atoms with Gasteiger partial charge in [0.05, 0.1) is 20.1 Å². The number of hydrogen-bond acceptors (Lipinski definition) is 5. The fraction of sp³-hybridized carbons (Fsp3) is 0.600. The molecule has 6 heteroatoms. The van der Waals surface area contributed by atoms with Crippen LogP contribution in [0.2, 0.25) is 0 Å². The smallest absolute Gasteiger partial charge is 0.307 e. The summed E-state index contributed by atoms with van der Waals surface area (Å²) in [4.78, 5) is 11.9. The van der Waals surface area contributed by atoms with E-state index in [0.29, 0.717) is 6.54 Å². The molecule has 0 N–H and O–H groups in total. The van der Waals surface area contributed by atoms with Crippen molar-refractivity contribution in [2.24, 2.45) is 0 Å². The highest BCUT2D eigenvalue weighted by molar-refractivity contribution is 5.68. The second-order valence-corrected chi connectivity index (χ2v) is 1.86. The number of nitrogens with zero attached hydrogens (tertiary/aromatic N) is 4. The lowest BCUT2D eigenvalue weighted by Crippen LogP contribution is -2.09. The number of rotatable bonds is 3. The van der Waals surface area contributed by atoms with Gasteiger partial charge in [0.2, 0.25) is 0 Å². The molecule has 0 aliphatic rings. The average Bonchev–Trinajstić information content (AvgIpc) is 2.52. The first-order valence-corrected chi connectivity index (χ1v) is 3.10. The third-order valence-corrected chi connectivity index (χ3v) is 1.14. The highest BCUT2D eigenvalue weighted by Gasteiger charge is 2.00. The molecular weight excluding hydrogens is 148 g/mol. The number of esters is 1. The van der Waals surface area contributed by atoms with Gasteiger partial charge < -0.3 is 4.74 Å². The Bertz CT molecular complexity index is 220. The molecule has 0 fully saturated rings. The van der Waals surface area contributed by atoms with Crippen LogP contribution in [0.4, 0.5) is 0 Å². The molecule has 0 radical (unpaired) electrons. The van der Waals surface area contributed by atoms with E-state index >= 15 is 0 Å². The number of methoxy groups -OCH3 is 1. The van der Waals surface area contributed by atoms with Crippen LogP contribution < -0.4 is 0 Å².